The number of imidazole rings is 1. The number of likely N-dealkylation sites (tertiary alicyclic amines) is 1. The normalized spacial score (nSPS) is 20.9. The second-order valence-corrected chi connectivity index (χ2v) is 4.70. The van der Waals surface area contributed by atoms with Crippen molar-refractivity contribution in [2.75, 3.05) is 13.6 Å². The molecule has 0 spiro atoms. The van der Waals surface area contributed by atoms with Crippen molar-refractivity contribution < 1.29 is 0 Å². The Labute approximate surface area is 102 Å². The third-order valence-corrected chi connectivity index (χ3v) is 3.60. The van der Waals surface area contributed by atoms with Crippen molar-refractivity contribution in [1.82, 2.24) is 14.5 Å². The Hall–Kier alpha value is -1.61. The van der Waals surface area contributed by atoms with E-state index in [0.29, 0.717) is 6.04 Å². The van der Waals surface area contributed by atoms with Crippen LogP contribution < -0.4 is 0 Å². The van der Waals surface area contributed by atoms with Crippen LogP contribution in [0.15, 0.2) is 43.0 Å². The van der Waals surface area contributed by atoms with Crippen molar-refractivity contribution in [2.45, 2.75) is 18.9 Å². The number of nitrogens with zero attached hydrogens (tertiary/aromatic N) is 3. The van der Waals surface area contributed by atoms with Gasteiger partial charge >= 0.3 is 0 Å². The van der Waals surface area contributed by atoms with E-state index in [1.165, 1.54) is 30.6 Å². The van der Waals surface area contributed by atoms with E-state index in [4.69, 9.17) is 0 Å². The molecule has 0 aliphatic carbocycles. The van der Waals surface area contributed by atoms with Crippen LogP contribution in [-0.2, 0) is 0 Å². The molecule has 1 aliphatic heterocycles. The molecule has 17 heavy (non-hydrogen) atoms. The molecule has 0 N–H and O–H groups in total. The van der Waals surface area contributed by atoms with E-state index in [1.54, 1.807) is 6.20 Å². The number of rotatable bonds is 2. The average Bonchev–Trinajstić information content (AvgIpc) is 3.00. The van der Waals surface area contributed by atoms with Crippen molar-refractivity contribution in [2.24, 2.45) is 0 Å². The Morgan fingerprint density at radius 3 is 2.65 bits per heavy atom. The molecular weight excluding hydrogens is 210 g/mol. The van der Waals surface area contributed by atoms with Gasteiger partial charge < -0.3 is 4.57 Å². The minimum atomic E-state index is 0.604. The Morgan fingerprint density at radius 2 is 2.06 bits per heavy atom. The van der Waals surface area contributed by atoms with Gasteiger partial charge in [0, 0.05) is 24.1 Å². The molecular formula is C14H17N3. The summed E-state index contributed by atoms with van der Waals surface area (Å²) in [4.78, 5) is 6.50. The number of hydrogen-bond donors (Lipinski definition) is 0. The summed E-state index contributed by atoms with van der Waals surface area (Å²) in [6, 6.07) is 9.42. The van der Waals surface area contributed by atoms with E-state index < -0.39 is 0 Å². The fourth-order valence-corrected chi connectivity index (χ4v) is 2.61. The maximum absolute atomic E-state index is 4.07. The molecule has 1 aliphatic rings. The molecule has 3 heteroatoms. The highest BCUT2D eigenvalue weighted by molar-refractivity contribution is 5.35. The molecule has 2 aromatic rings. The molecule has 1 fully saturated rings. The van der Waals surface area contributed by atoms with Crippen molar-refractivity contribution >= 4 is 0 Å². The molecule has 1 atom stereocenters. The molecule has 0 radical (unpaired) electrons. The zero-order chi connectivity index (χ0) is 11.7. The van der Waals surface area contributed by atoms with E-state index in [0.717, 1.165) is 0 Å². The van der Waals surface area contributed by atoms with Gasteiger partial charge in [-0.2, -0.15) is 0 Å². The van der Waals surface area contributed by atoms with Crippen molar-refractivity contribution in [3.05, 3.63) is 48.5 Å². The summed E-state index contributed by atoms with van der Waals surface area (Å²) in [5.41, 5.74) is 2.60. The van der Waals surface area contributed by atoms with Gasteiger partial charge in [-0.15, -0.1) is 0 Å². The maximum Gasteiger partial charge on any atom is 0.0991 e. The predicted molar refractivity (Wildman–Crippen MR) is 68.2 cm³/mol. The average molecular weight is 227 g/mol. The fraction of sp³-hybridized carbons (Fsp3) is 0.357. The van der Waals surface area contributed by atoms with Crippen LogP contribution in [0.4, 0.5) is 0 Å². The molecule has 0 amide bonds. The zero-order valence-electron chi connectivity index (χ0n) is 10.1. The van der Waals surface area contributed by atoms with Crippen molar-refractivity contribution in [1.29, 1.82) is 0 Å². The fourth-order valence-electron chi connectivity index (χ4n) is 2.61. The van der Waals surface area contributed by atoms with Crippen LogP contribution in [0.3, 0.4) is 0 Å². The van der Waals surface area contributed by atoms with Crippen LogP contribution >= 0.6 is 0 Å². The third-order valence-electron chi connectivity index (χ3n) is 3.60. The van der Waals surface area contributed by atoms with Gasteiger partial charge in [-0.1, -0.05) is 12.1 Å². The largest absolute Gasteiger partial charge is 0.306 e. The number of hydrogen-bond acceptors (Lipinski definition) is 2. The first kappa shape index (κ1) is 10.5. The van der Waals surface area contributed by atoms with Gasteiger partial charge in [0.2, 0.25) is 0 Å². The van der Waals surface area contributed by atoms with Gasteiger partial charge in [0.25, 0.3) is 0 Å². The standard InChI is InChI=1S/C14H17N3/c1-16-9-2-3-14(16)12-4-6-13(7-5-12)17-10-8-15-11-17/h4-8,10-11,14H,2-3,9H2,1H3. The second-order valence-electron chi connectivity index (χ2n) is 4.70. The lowest BCUT2D eigenvalue weighted by atomic mass is 10.0. The van der Waals surface area contributed by atoms with Gasteiger partial charge in [-0.25, -0.2) is 4.98 Å². The van der Waals surface area contributed by atoms with E-state index in [9.17, 15) is 0 Å². The highest BCUT2D eigenvalue weighted by Gasteiger charge is 2.22. The first-order valence-corrected chi connectivity index (χ1v) is 6.13. The van der Waals surface area contributed by atoms with Gasteiger partial charge in [-0.3, -0.25) is 4.90 Å². The van der Waals surface area contributed by atoms with Crippen LogP contribution in [-0.4, -0.2) is 28.0 Å². The highest BCUT2D eigenvalue weighted by atomic mass is 15.1. The minimum Gasteiger partial charge on any atom is -0.306 e. The SMILES string of the molecule is CN1CCCC1c1ccc(-n2ccnc2)cc1. The molecule has 3 nitrogen and oxygen atoms in total. The van der Waals surface area contributed by atoms with Crippen LogP contribution in [0.25, 0.3) is 5.69 Å². The highest BCUT2D eigenvalue weighted by Crippen LogP contribution is 2.30. The van der Waals surface area contributed by atoms with E-state index >= 15 is 0 Å². The molecule has 0 saturated carbocycles. The summed E-state index contributed by atoms with van der Waals surface area (Å²) in [6.45, 7) is 1.22. The molecule has 1 unspecified atom stereocenters. The zero-order valence-corrected chi connectivity index (χ0v) is 10.1. The molecule has 88 valence electrons. The lowest BCUT2D eigenvalue weighted by molar-refractivity contribution is 0.317. The van der Waals surface area contributed by atoms with Crippen LogP contribution in [0.1, 0.15) is 24.4 Å². The first-order chi connectivity index (χ1) is 8.34. The molecule has 0 bridgehead atoms. The quantitative estimate of drug-likeness (QED) is 0.786. The summed E-state index contributed by atoms with van der Waals surface area (Å²) in [5, 5.41) is 0. The Morgan fingerprint density at radius 1 is 1.24 bits per heavy atom. The second kappa shape index (κ2) is 4.34. The topological polar surface area (TPSA) is 21.1 Å². The van der Waals surface area contributed by atoms with Gasteiger partial charge in [-0.05, 0) is 44.1 Å². The lowest BCUT2D eigenvalue weighted by Crippen LogP contribution is -2.17. The summed E-state index contributed by atoms with van der Waals surface area (Å²) < 4.78 is 2.03. The summed E-state index contributed by atoms with van der Waals surface area (Å²) in [5.74, 6) is 0. The molecule has 1 saturated heterocycles. The van der Waals surface area contributed by atoms with Crippen LogP contribution in [0, 0.1) is 0 Å². The van der Waals surface area contributed by atoms with E-state index in [1.807, 2.05) is 17.1 Å². The number of aromatic nitrogens is 2. The smallest absolute Gasteiger partial charge is 0.0991 e. The lowest BCUT2D eigenvalue weighted by Gasteiger charge is -2.19. The molecule has 3 rings (SSSR count). The third kappa shape index (κ3) is 1.98. The van der Waals surface area contributed by atoms with Gasteiger partial charge in [0.15, 0.2) is 0 Å². The van der Waals surface area contributed by atoms with Crippen LogP contribution in [0.2, 0.25) is 0 Å². The summed E-state index contributed by atoms with van der Waals surface area (Å²) in [7, 11) is 2.21. The summed E-state index contributed by atoms with van der Waals surface area (Å²) >= 11 is 0. The van der Waals surface area contributed by atoms with Crippen molar-refractivity contribution in [3.8, 4) is 5.69 Å². The van der Waals surface area contributed by atoms with E-state index in [2.05, 4.69) is 41.2 Å². The van der Waals surface area contributed by atoms with Crippen molar-refractivity contribution in [3.63, 3.8) is 0 Å². The minimum absolute atomic E-state index is 0.604. The van der Waals surface area contributed by atoms with Gasteiger partial charge in [0.05, 0.1) is 6.33 Å². The number of benzene rings is 1. The predicted octanol–water partition coefficient (Wildman–Crippen LogP) is 2.64. The van der Waals surface area contributed by atoms with E-state index in [-0.39, 0.29) is 0 Å². The monoisotopic (exact) mass is 227 g/mol. The van der Waals surface area contributed by atoms with Gasteiger partial charge in [0.1, 0.15) is 0 Å². The van der Waals surface area contributed by atoms with Crippen LogP contribution in [0.5, 0.6) is 0 Å². The Balaban J connectivity index is 1.85. The Bertz CT molecular complexity index is 473. The summed E-state index contributed by atoms with van der Waals surface area (Å²) in [6.07, 6.45) is 8.19. The maximum atomic E-state index is 4.07. The molecule has 1 aromatic heterocycles. The molecule has 1 aromatic carbocycles. The first-order valence-electron chi connectivity index (χ1n) is 6.13. The Kier molecular flexibility index (Phi) is 2.69. The molecule has 2 heterocycles.